The van der Waals surface area contributed by atoms with E-state index in [9.17, 15) is 14.4 Å². The van der Waals surface area contributed by atoms with Crippen molar-refractivity contribution in [2.24, 2.45) is 5.73 Å². The van der Waals surface area contributed by atoms with E-state index in [-0.39, 0.29) is 23.7 Å². The number of benzene rings is 1. The lowest BCUT2D eigenvalue weighted by molar-refractivity contribution is -0.117. The molecule has 1 amide bonds. The number of pyridine rings is 1. The highest BCUT2D eigenvalue weighted by molar-refractivity contribution is 5.94. The van der Waals surface area contributed by atoms with Crippen molar-refractivity contribution in [3.8, 4) is 11.3 Å². The maximum absolute atomic E-state index is 15.0. The van der Waals surface area contributed by atoms with E-state index in [1.54, 1.807) is 30.3 Å². The number of hydrogen-bond donors (Lipinski definition) is 1. The lowest BCUT2D eigenvalue weighted by Gasteiger charge is -2.14. The van der Waals surface area contributed by atoms with Gasteiger partial charge in [0.05, 0.1) is 17.9 Å². The van der Waals surface area contributed by atoms with Crippen LogP contribution >= 0.6 is 0 Å². The van der Waals surface area contributed by atoms with Gasteiger partial charge in [-0.1, -0.05) is 31.7 Å². The Morgan fingerprint density at radius 1 is 1.09 bits per heavy atom. The first-order valence-corrected chi connectivity index (χ1v) is 12.4. The molecule has 1 aliphatic rings. The molecule has 1 atom stereocenters. The van der Waals surface area contributed by atoms with Crippen LogP contribution in [0.25, 0.3) is 11.3 Å². The second-order valence-corrected chi connectivity index (χ2v) is 9.01. The van der Waals surface area contributed by atoms with E-state index in [2.05, 4.69) is 4.98 Å². The van der Waals surface area contributed by atoms with Gasteiger partial charge in [0.25, 0.3) is 0 Å². The first-order valence-electron chi connectivity index (χ1n) is 12.4. The van der Waals surface area contributed by atoms with Crippen molar-refractivity contribution in [1.82, 2.24) is 4.98 Å². The summed E-state index contributed by atoms with van der Waals surface area (Å²) in [6.07, 6.45) is 6.39. The number of hydrogen-bond acceptors (Lipinski definition) is 6. The molecule has 0 spiro atoms. The van der Waals surface area contributed by atoms with Crippen molar-refractivity contribution >= 4 is 23.3 Å². The van der Waals surface area contributed by atoms with Crippen molar-refractivity contribution in [2.75, 3.05) is 18.0 Å². The fraction of sp³-hybridized carbons (Fsp3) is 0.481. The number of rotatable bonds is 14. The maximum atomic E-state index is 15.0. The molecule has 1 aromatic heterocycles. The largest absolute Gasteiger partial charge is 0.444 e. The molecule has 3 rings (SSSR count). The summed E-state index contributed by atoms with van der Waals surface area (Å²) in [6, 6.07) is 9.47. The van der Waals surface area contributed by atoms with Crippen LogP contribution in [0.15, 0.2) is 36.4 Å². The molecule has 2 aromatic rings. The number of aromatic nitrogens is 1. The summed E-state index contributed by atoms with van der Waals surface area (Å²) in [5, 5.41) is 0. The number of Topliss-reactive ketones (excluding diaryl/α,β-unsaturated/α-hetero) is 2. The third-order valence-electron chi connectivity index (χ3n) is 6.13. The second-order valence-electron chi connectivity index (χ2n) is 9.01. The van der Waals surface area contributed by atoms with E-state index in [0.29, 0.717) is 36.3 Å². The Morgan fingerprint density at radius 2 is 1.83 bits per heavy atom. The predicted octanol–water partition coefficient (Wildman–Crippen LogP) is 5.45. The number of anilines is 1. The number of amides is 1. The molecule has 8 heteroatoms. The molecule has 1 aliphatic heterocycles. The third-order valence-corrected chi connectivity index (χ3v) is 6.13. The molecule has 2 N–H and O–H groups in total. The summed E-state index contributed by atoms with van der Waals surface area (Å²) in [5.41, 5.74) is 6.82. The molecule has 0 aliphatic carbocycles. The van der Waals surface area contributed by atoms with Crippen LogP contribution < -0.4 is 10.6 Å². The Kier molecular flexibility index (Phi) is 9.90. The number of carbonyl (C=O) groups is 3. The standard InChI is InChI=1S/C27H34FN3O4/c1-19(32)12-14-21-18-31(27(34)35-21)20-13-15-22(23(28)17-20)24-9-8-10-25(30-24)26(33)11-6-4-2-3-5-7-16-29/h8-10,13,15,17,21H,2-7,11-12,14,16,18,29H2,1H3/t21-/m0/s1. The zero-order chi connectivity index (χ0) is 25.2. The van der Waals surface area contributed by atoms with E-state index in [0.717, 1.165) is 45.1 Å². The van der Waals surface area contributed by atoms with E-state index in [1.807, 2.05) is 0 Å². The minimum Gasteiger partial charge on any atom is -0.444 e. The molecule has 0 bridgehead atoms. The number of halogens is 1. The fourth-order valence-electron chi connectivity index (χ4n) is 4.13. The average molecular weight is 484 g/mol. The van der Waals surface area contributed by atoms with Gasteiger partial charge in [-0.25, -0.2) is 14.2 Å². The molecule has 0 radical (unpaired) electrons. The van der Waals surface area contributed by atoms with Crippen LogP contribution in [-0.4, -0.2) is 41.8 Å². The highest BCUT2D eigenvalue weighted by Crippen LogP contribution is 2.29. The first kappa shape index (κ1) is 26.5. The van der Waals surface area contributed by atoms with E-state index in [4.69, 9.17) is 10.5 Å². The van der Waals surface area contributed by atoms with Gasteiger partial charge in [0.1, 0.15) is 23.4 Å². The minimum absolute atomic E-state index is 0.0291. The van der Waals surface area contributed by atoms with Crippen molar-refractivity contribution in [3.05, 3.63) is 47.9 Å². The number of unbranched alkanes of at least 4 members (excludes halogenated alkanes) is 5. The topological polar surface area (TPSA) is 103 Å². The van der Waals surface area contributed by atoms with Gasteiger partial charge in [0.15, 0.2) is 5.78 Å². The number of carbonyl (C=O) groups excluding carboxylic acids is 3. The van der Waals surface area contributed by atoms with Crippen LogP contribution in [0.2, 0.25) is 0 Å². The third kappa shape index (κ3) is 7.68. The average Bonchev–Trinajstić information content (AvgIpc) is 3.22. The number of nitrogens with zero attached hydrogens (tertiary/aromatic N) is 2. The van der Waals surface area contributed by atoms with Crippen LogP contribution in [0.1, 0.15) is 75.2 Å². The Morgan fingerprint density at radius 3 is 2.54 bits per heavy atom. The monoisotopic (exact) mass is 483 g/mol. The van der Waals surface area contributed by atoms with Gasteiger partial charge in [-0.3, -0.25) is 9.69 Å². The minimum atomic E-state index is -0.559. The summed E-state index contributed by atoms with van der Waals surface area (Å²) in [6.45, 7) is 2.47. The predicted molar refractivity (Wildman–Crippen MR) is 133 cm³/mol. The molecule has 1 saturated heterocycles. The summed E-state index contributed by atoms with van der Waals surface area (Å²) in [4.78, 5) is 41.8. The SMILES string of the molecule is CC(=O)CC[C@H]1CN(c2ccc(-c3cccc(C(=O)CCCCCCCCN)n3)c(F)c2)C(=O)O1. The number of ketones is 2. The van der Waals surface area contributed by atoms with E-state index < -0.39 is 18.0 Å². The summed E-state index contributed by atoms with van der Waals surface area (Å²) in [7, 11) is 0. The summed E-state index contributed by atoms with van der Waals surface area (Å²) >= 11 is 0. The molecule has 2 heterocycles. The molecular weight excluding hydrogens is 449 g/mol. The maximum Gasteiger partial charge on any atom is 0.414 e. The Labute approximate surface area is 205 Å². The Bertz CT molecular complexity index is 1040. The fourth-order valence-corrected chi connectivity index (χ4v) is 4.13. The van der Waals surface area contributed by atoms with Gasteiger partial charge in [0, 0.05) is 18.4 Å². The zero-order valence-electron chi connectivity index (χ0n) is 20.3. The number of nitrogens with two attached hydrogens (primary N) is 1. The van der Waals surface area contributed by atoms with Crippen LogP contribution in [-0.2, 0) is 9.53 Å². The van der Waals surface area contributed by atoms with Crippen molar-refractivity contribution < 1.29 is 23.5 Å². The molecule has 188 valence electrons. The molecule has 1 aromatic carbocycles. The van der Waals surface area contributed by atoms with Crippen LogP contribution in [0.4, 0.5) is 14.9 Å². The van der Waals surface area contributed by atoms with Gasteiger partial charge in [-0.2, -0.15) is 0 Å². The molecule has 35 heavy (non-hydrogen) atoms. The first-order chi connectivity index (χ1) is 16.9. The van der Waals surface area contributed by atoms with Crippen molar-refractivity contribution in [2.45, 2.75) is 70.8 Å². The number of ether oxygens (including phenoxy) is 1. The Hall–Kier alpha value is -3.13. The molecule has 1 fully saturated rings. The number of cyclic esters (lactones) is 1. The smallest absolute Gasteiger partial charge is 0.414 e. The zero-order valence-corrected chi connectivity index (χ0v) is 20.3. The van der Waals surface area contributed by atoms with Gasteiger partial charge < -0.3 is 15.3 Å². The van der Waals surface area contributed by atoms with Crippen LogP contribution in [0.3, 0.4) is 0 Å². The Balaban J connectivity index is 1.60. The molecule has 7 nitrogen and oxygen atoms in total. The van der Waals surface area contributed by atoms with Crippen LogP contribution in [0, 0.1) is 5.82 Å². The quantitative estimate of drug-likeness (QED) is 0.283. The second kappa shape index (κ2) is 13.1. The lowest BCUT2D eigenvalue weighted by Crippen LogP contribution is -2.24. The van der Waals surface area contributed by atoms with Gasteiger partial charge >= 0.3 is 6.09 Å². The highest BCUT2D eigenvalue weighted by Gasteiger charge is 2.32. The molecule has 0 saturated carbocycles. The van der Waals surface area contributed by atoms with Gasteiger partial charge in [-0.05, 0) is 63.1 Å². The van der Waals surface area contributed by atoms with Crippen LogP contribution in [0.5, 0.6) is 0 Å². The lowest BCUT2D eigenvalue weighted by atomic mass is 10.0. The normalized spacial score (nSPS) is 15.3. The van der Waals surface area contributed by atoms with Crippen molar-refractivity contribution in [3.63, 3.8) is 0 Å². The van der Waals surface area contributed by atoms with Gasteiger partial charge in [-0.15, -0.1) is 0 Å². The van der Waals surface area contributed by atoms with Gasteiger partial charge in [0.2, 0.25) is 0 Å². The molecule has 0 unspecified atom stereocenters. The van der Waals surface area contributed by atoms with E-state index in [1.165, 1.54) is 17.9 Å². The summed E-state index contributed by atoms with van der Waals surface area (Å²) in [5.74, 6) is -0.569. The molecular formula is C27H34FN3O4. The highest BCUT2D eigenvalue weighted by atomic mass is 19.1. The summed E-state index contributed by atoms with van der Waals surface area (Å²) < 4.78 is 20.3. The van der Waals surface area contributed by atoms with E-state index >= 15 is 4.39 Å². The van der Waals surface area contributed by atoms with Crippen molar-refractivity contribution in [1.29, 1.82) is 0 Å².